The van der Waals surface area contributed by atoms with Gasteiger partial charge in [0.1, 0.15) is 5.82 Å². The van der Waals surface area contributed by atoms with Gasteiger partial charge in [0.15, 0.2) is 5.69 Å². The number of esters is 1. The molecule has 16 heavy (non-hydrogen) atoms. The molecule has 1 fully saturated rings. The summed E-state index contributed by atoms with van der Waals surface area (Å²) in [5.41, 5.74) is 6.16. The van der Waals surface area contributed by atoms with Crippen molar-refractivity contribution in [2.75, 3.05) is 12.3 Å². The Morgan fingerprint density at radius 3 is 2.88 bits per heavy atom. The van der Waals surface area contributed by atoms with Gasteiger partial charge in [0.25, 0.3) is 0 Å². The lowest BCUT2D eigenvalue weighted by atomic mass is 9.93. The van der Waals surface area contributed by atoms with Crippen LogP contribution in [0.1, 0.15) is 42.7 Å². The lowest BCUT2D eigenvalue weighted by molar-refractivity contribution is 0.0516. The minimum absolute atomic E-state index is 0.270. The third kappa shape index (κ3) is 1.81. The van der Waals surface area contributed by atoms with Crippen LogP contribution < -0.4 is 5.73 Å². The number of carbonyl (C=O) groups excluding carboxylic acids is 1. The first-order valence-electron chi connectivity index (χ1n) is 5.35. The van der Waals surface area contributed by atoms with Crippen molar-refractivity contribution < 1.29 is 9.53 Å². The fraction of sp³-hybridized carbons (Fsp3) is 0.600. The Labute approximate surface area is 102 Å². The van der Waals surface area contributed by atoms with Crippen molar-refractivity contribution in [3.8, 4) is 0 Å². The van der Waals surface area contributed by atoms with Crippen molar-refractivity contribution in [1.29, 1.82) is 0 Å². The zero-order chi connectivity index (χ0) is 11.7. The van der Waals surface area contributed by atoms with Gasteiger partial charge >= 0.3 is 5.97 Å². The molecule has 1 saturated carbocycles. The average Bonchev–Trinajstić information content (AvgIpc) is 2.44. The summed E-state index contributed by atoms with van der Waals surface area (Å²) in [6.07, 6.45) is 3.33. The van der Waals surface area contributed by atoms with Crippen molar-refractivity contribution in [2.24, 2.45) is 0 Å². The fourth-order valence-corrected chi connectivity index (χ4v) is 2.09. The number of aromatic nitrogens is 2. The molecule has 0 radical (unpaired) electrons. The maximum absolute atomic E-state index is 11.6. The molecule has 2 rings (SSSR count). The van der Waals surface area contributed by atoms with Crippen LogP contribution in [0, 0.1) is 0 Å². The molecule has 0 amide bonds. The van der Waals surface area contributed by atoms with Crippen molar-refractivity contribution in [3.05, 3.63) is 10.2 Å². The normalized spacial score (nSPS) is 15.9. The molecule has 88 valence electrons. The maximum atomic E-state index is 11.6. The minimum atomic E-state index is -0.431. The van der Waals surface area contributed by atoms with E-state index in [0.717, 1.165) is 12.8 Å². The second kappa shape index (κ2) is 4.45. The van der Waals surface area contributed by atoms with E-state index in [1.807, 2.05) is 0 Å². The molecule has 1 heterocycles. The number of nitrogen functional groups attached to an aromatic ring is 1. The summed E-state index contributed by atoms with van der Waals surface area (Å²) in [4.78, 5) is 11.6. The highest BCUT2D eigenvalue weighted by Gasteiger charge is 2.27. The Hall–Kier alpha value is -1.04. The second-order valence-corrected chi connectivity index (χ2v) is 4.59. The van der Waals surface area contributed by atoms with Gasteiger partial charge in [-0.1, -0.05) is 0 Å². The number of hydrogen-bond acceptors (Lipinski definition) is 4. The lowest BCUT2D eigenvalue weighted by Crippen LogP contribution is -2.20. The SMILES string of the molecule is CCOC(=O)c1nn(C2CCC2)c(N)c1Br. The van der Waals surface area contributed by atoms with E-state index in [2.05, 4.69) is 21.0 Å². The third-order valence-electron chi connectivity index (χ3n) is 2.78. The Balaban J connectivity index is 2.29. The predicted molar refractivity (Wildman–Crippen MR) is 63.2 cm³/mol. The zero-order valence-electron chi connectivity index (χ0n) is 9.07. The number of rotatable bonds is 3. The number of nitrogens with two attached hydrogens (primary N) is 1. The summed E-state index contributed by atoms with van der Waals surface area (Å²) in [6, 6.07) is 0.333. The molecule has 0 saturated heterocycles. The summed E-state index contributed by atoms with van der Waals surface area (Å²) in [5.74, 6) is 0.0758. The number of carbonyl (C=O) groups is 1. The Morgan fingerprint density at radius 2 is 2.38 bits per heavy atom. The van der Waals surface area contributed by atoms with Crippen LogP contribution in [-0.4, -0.2) is 22.4 Å². The molecule has 5 nitrogen and oxygen atoms in total. The van der Waals surface area contributed by atoms with Crippen molar-refractivity contribution >= 4 is 27.7 Å². The fourth-order valence-electron chi connectivity index (χ4n) is 1.67. The van der Waals surface area contributed by atoms with Crippen LogP contribution in [0.15, 0.2) is 4.47 Å². The number of nitrogens with zero attached hydrogens (tertiary/aromatic N) is 2. The maximum Gasteiger partial charge on any atom is 0.360 e. The summed E-state index contributed by atoms with van der Waals surface area (Å²) < 4.78 is 7.17. The molecule has 1 aliphatic rings. The van der Waals surface area contributed by atoms with E-state index in [1.54, 1.807) is 11.6 Å². The van der Waals surface area contributed by atoms with Crippen LogP contribution in [-0.2, 0) is 4.74 Å². The van der Waals surface area contributed by atoms with Gasteiger partial charge in [-0.3, -0.25) is 0 Å². The monoisotopic (exact) mass is 287 g/mol. The average molecular weight is 288 g/mol. The Morgan fingerprint density at radius 1 is 1.69 bits per heavy atom. The molecule has 1 aromatic rings. The Kier molecular flexibility index (Phi) is 3.18. The van der Waals surface area contributed by atoms with E-state index >= 15 is 0 Å². The van der Waals surface area contributed by atoms with Gasteiger partial charge in [0.05, 0.1) is 17.1 Å². The highest BCUT2D eigenvalue weighted by molar-refractivity contribution is 9.10. The van der Waals surface area contributed by atoms with Gasteiger partial charge < -0.3 is 10.5 Å². The number of ether oxygens (including phenoxy) is 1. The molecule has 0 unspecified atom stereocenters. The number of hydrogen-bond donors (Lipinski definition) is 1. The summed E-state index contributed by atoms with van der Waals surface area (Å²) in [6.45, 7) is 2.10. The smallest absolute Gasteiger partial charge is 0.360 e. The summed E-state index contributed by atoms with van der Waals surface area (Å²) in [5, 5.41) is 4.22. The molecule has 2 N–H and O–H groups in total. The first-order valence-corrected chi connectivity index (χ1v) is 6.15. The molecule has 0 aromatic carbocycles. The third-order valence-corrected chi connectivity index (χ3v) is 3.56. The largest absolute Gasteiger partial charge is 0.461 e. The van der Waals surface area contributed by atoms with Gasteiger partial charge in [-0.15, -0.1) is 0 Å². The van der Waals surface area contributed by atoms with E-state index in [-0.39, 0.29) is 5.69 Å². The van der Waals surface area contributed by atoms with Gasteiger partial charge in [-0.25, -0.2) is 9.48 Å². The highest BCUT2D eigenvalue weighted by atomic mass is 79.9. The molecule has 0 aliphatic heterocycles. The van der Waals surface area contributed by atoms with Gasteiger partial charge in [0.2, 0.25) is 0 Å². The Bertz CT molecular complexity index is 412. The summed E-state index contributed by atoms with van der Waals surface area (Å²) in [7, 11) is 0. The summed E-state index contributed by atoms with van der Waals surface area (Å²) >= 11 is 3.28. The standard InChI is InChI=1S/C10H14BrN3O2/c1-2-16-10(15)8-7(11)9(12)14(13-8)6-4-3-5-6/h6H,2-5,12H2,1H3. The van der Waals surface area contributed by atoms with Crippen molar-refractivity contribution in [2.45, 2.75) is 32.2 Å². The molecule has 1 aliphatic carbocycles. The quantitative estimate of drug-likeness (QED) is 0.865. The van der Waals surface area contributed by atoms with Crippen molar-refractivity contribution in [3.63, 3.8) is 0 Å². The highest BCUT2D eigenvalue weighted by Crippen LogP contribution is 2.36. The van der Waals surface area contributed by atoms with E-state index in [1.165, 1.54) is 6.42 Å². The van der Waals surface area contributed by atoms with E-state index < -0.39 is 5.97 Å². The van der Waals surface area contributed by atoms with Crippen LogP contribution in [0.25, 0.3) is 0 Å². The van der Waals surface area contributed by atoms with E-state index in [9.17, 15) is 4.79 Å². The van der Waals surface area contributed by atoms with Crippen LogP contribution >= 0.6 is 15.9 Å². The molecule has 6 heteroatoms. The predicted octanol–water partition coefficient (Wildman–Crippen LogP) is 2.13. The molecule has 1 aromatic heterocycles. The first-order chi connectivity index (χ1) is 7.65. The van der Waals surface area contributed by atoms with Crippen LogP contribution in [0.4, 0.5) is 5.82 Å². The minimum Gasteiger partial charge on any atom is -0.461 e. The zero-order valence-corrected chi connectivity index (χ0v) is 10.7. The van der Waals surface area contributed by atoms with Crippen LogP contribution in [0.5, 0.6) is 0 Å². The van der Waals surface area contributed by atoms with Gasteiger partial charge in [0, 0.05) is 0 Å². The molecule has 0 spiro atoms. The molecular formula is C10H14BrN3O2. The first kappa shape index (κ1) is 11.4. The van der Waals surface area contributed by atoms with Gasteiger partial charge in [-0.2, -0.15) is 5.10 Å². The van der Waals surface area contributed by atoms with Crippen LogP contribution in [0.2, 0.25) is 0 Å². The molecular weight excluding hydrogens is 274 g/mol. The van der Waals surface area contributed by atoms with E-state index in [0.29, 0.717) is 22.9 Å². The molecule has 0 bridgehead atoms. The molecule has 0 atom stereocenters. The number of anilines is 1. The second-order valence-electron chi connectivity index (χ2n) is 3.80. The number of halogens is 1. The van der Waals surface area contributed by atoms with Gasteiger partial charge in [-0.05, 0) is 42.1 Å². The lowest BCUT2D eigenvalue weighted by Gasteiger charge is -2.26. The van der Waals surface area contributed by atoms with E-state index in [4.69, 9.17) is 10.5 Å². The van der Waals surface area contributed by atoms with Crippen molar-refractivity contribution in [1.82, 2.24) is 9.78 Å². The topological polar surface area (TPSA) is 70.1 Å². The van der Waals surface area contributed by atoms with Crippen LogP contribution in [0.3, 0.4) is 0 Å².